The second kappa shape index (κ2) is 5.14. The predicted molar refractivity (Wildman–Crippen MR) is 57.3 cm³/mol. The van der Waals surface area contributed by atoms with E-state index in [1.54, 1.807) is 17.9 Å². The quantitative estimate of drug-likeness (QED) is 0.763. The zero-order valence-electron chi connectivity index (χ0n) is 8.52. The van der Waals surface area contributed by atoms with Gasteiger partial charge >= 0.3 is 0 Å². The number of piperazine rings is 1. The first-order valence-corrected chi connectivity index (χ1v) is 4.70. The molecule has 1 aromatic heterocycles. The highest BCUT2D eigenvalue weighted by Gasteiger charge is 2.21. The fraction of sp³-hybridized carbons (Fsp3) is 0.556. The largest absolute Gasteiger partial charge is 0.351 e. The topological polar surface area (TPSA) is 58.4 Å². The third-order valence-electron chi connectivity index (χ3n) is 2.24. The Morgan fingerprint density at radius 3 is 2.73 bits per heavy atom. The van der Waals surface area contributed by atoms with Gasteiger partial charge in [0.1, 0.15) is 0 Å². The van der Waals surface area contributed by atoms with Gasteiger partial charge in [0.05, 0.1) is 5.69 Å². The Morgan fingerprint density at radius 2 is 2.20 bits per heavy atom. The number of nitrogens with one attached hydrogen (secondary N) is 1. The van der Waals surface area contributed by atoms with E-state index in [4.69, 9.17) is 4.52 Å². The molecule has 1 N–H and O–H groups in total. The second-order valence-electron chi connectivity index (χ2n) is 3.37. The van der Waals surface area contributed by atoms with Crippen LogP contribution >= 0.6 is 12.4 Å². The van der Waals surface area contributed by atoms with Crippen molar-refractivity contribution >= 4 is 18.3 Å². The van der Waals surface area contributed by atoms with Crippen LogP contribution in [-0.2, 0) is 0 Å². The predicted octanol–water partition coefficient (Wildman–Crippen LogP) is 0.450. The minimum atomic E-state index is -0.0629. The fourth-order valence-corrected chi connectivity index (χ4v) is 1.49. The maximum Gasteiger partial charge on any atom is 0.292 e. The van der Waals surface area contributed by atoms with Crippen molar-refractivity contribution in [3.05, 3.63) is 17.5 Å². The highest BCUT2D eigenvalue weighted by atomic mass is 35.5. The molecule has 1 saturated heterocycles. The van der Waals surface area contributed by atoms with Crippen molar-refractivity contribution in [1.82, 2.24) is 15.4 Å². The highest BCUT2D eigenvalue weighted by molar-refractivity contribution is 5.91. The molecule has 1 aliphatic heterocycles. The van der Waals surface area contributed by atoms with Crippen molar-refractivity contribution < 1.29 is 9.32 Å². The lowest BCUT2D eigenvalue weighted by Gasteiger charge is -2.26. The van der Waals surface area contributed by atoms with Crippen LogP contribution in [0, 0.1) is 6.92 Å². The molecule has 0 bridgehead atoms. The molecule has 0 spiro atoms. The van der Waals surface area contributed by atoms with Crippen molar-refractivity contribution in [1.29, 1.82) is 0 Å². The van der Waals surface area contributed by atoms with Crippen molar-refractivity contribution in [3.63, 3.8) is 0 Å². The molecular formula is C9H14ClN3O2. The number of aromatic nitrogens is 1. The molecule has 2 rings (SSSR count). The van der Waals surface area contributed by atoms with Crippen LogP contribution in [0.25, 0.3) is 0 Å². The Hall–Kier alpha value is -1.07. The van der Waals surface area contributed by atoms with Gasteiger partial charge in [-0.2, -0.15) is 0 Å². The zero-order chi connectivity index (χ0) is 9.97. The van der Waals surface area contributed by atoms with E-state index in [9.17, 15) is 4.79 Å². The van der Waals surface area contributed by atoms with Crippen molar-refractivity contribution in [3.8, 4) is 0 Å². The summed E-state index contributed by atoms with van der Waals surface area (Å²) in [6, 6.07) is 1.67. The zero-order valence-corrected chi connectivity index (χ0v) is 9.34. The van der Waals surface area contributed by atoms with E-state index in [0.29, 0.717) is 5.76 Å². The Labute approximate surface area is 94.2 Å². The molecule has 0 saturated carbocycles. The minimum Gasteiger partial charge on any atom is -0.351 e. The normalized spacial score (nSPS) is 15.9. The summed E-state index contributed by atoms with van der Waals surface area (Å²) in [6.07, 6.45) is 0. The first kappa shape index (κ1) is 12.0. The van der Waals surface area contributed by atoms with Crippen molar-refractivity contribution in [2.75, 3.05) is 26.2 Å². The Balaban J connectivity index is 0.00000112. The molecule has 5 nitrogen and oxygen atoms in total. The number of hydrogen-bond acceptors (Lipinski definition) is 4. The van der Waals surface area contributed by atoms with Gasteiger partial charge in [-0.05, 0) is 6.92 Å². The number of carbonyl (C=O) groups is 1. The number of aryl methyl sites for hydroxylation is 1. The minimum absolute atomic E-state index is 0. The first-order chi connectivity index (χ1) is 6.77. The summed E-state index contributed by atoms with van der Waals surface area (Å²) in [6.45, 7) is 4.97. The molecule has 0 aromatic carbocycles. The van der Waals surface area contributed by atoms with E-state index in [1.165, 1.54) is 0 Å². The van der Waals surface area contributed by atoms with E-state index in [1.807, 2.05) is 0 Å². The maximum absolute atomic E-state index is 11.8. The number of rotatable bonds is 1. The van der Waals surface area contributed by atoms with E-state index in [0.717, 1.165) is 31.9 Å². The summed E-state index contributed by atoms with van der Waals surface area (Å²) in [5.41, 5.74) is 0.739. The summed E-state index contributed by atoms with van der Waals surface area (Å²) in [5, 5.41) is 6.88. The molecule has 1 fully saturated rings. The van der Waals surface area contributed by atoms with E-state index >= 15 is 0 Å². The van der Waals surface area contributed by atoms with Gasteiger partial charge in [-0.1, -0.05) is 5.16 Å². The summed E-state index contributed by atoms with van der Waals surface area (Å²) < 4.78 is 4.92. The van der Waals surface area contributed by atoms with Crippen LogP contribution in [0.5, 0.6) is 0 Å². The highest BCUT2D eigenvalue weighted by Crippen LogP contribution is 2.07. The van der Waals surface area contributed by atoms with Gasteiger partial charge in [0, 0.05) is 32.2 Å². The van der Waals surface area contributed by atoms with Gasteiger partial charge in [0.25, 0.3) is 5.91 Å². The van der Waals surface area contributed by atoms with Crippen LogP contribution in [0.4, 0.5) is 0 Å². The molecule has 0 atom stereocenters. The number of hydrogen-bond donors (Lipinski definition) is 1. The number of halogens is 1. The average molecular weight is 232 g/mol. The molecule has 6 heteroatoms. The summed E-state index contributed by atoms with van der Waals surface area (Å²) in [4.78, 5) is 13.6. The third-order valence-corrected chi connectivity index (χ3v) is 2.24. The van der Waals surface area contributed by atoms with Gasteiger partial charge < -0.3 is 14.7 Å². The SMILES string of the molecule is Cc1cc(C(=O)N2CCNCC2)on1.Cl. The first-order valence-electron chi connectivity index (χ1n) is 4.70. The summed E-state index contributed by atoms with van der Waals surface area (Å²) >= 11 is 0. The molecule has 0 aliphatic carbocycles. The molecule has 1 amide bonds. The Bertz CT molecular complexity index is 334. The number of nitrogens with zero attached hydrogens (tertiary/aromatic N) is 2. The molecule has 1 aliphatic rings. The lowest BCUT2D eigenvalue weighted by Crippen LogP contribution is -2.46. The van der Waals surface area contributed by atoms with Crippen molar-refractivity contribution in [2.45, 2.75) is 6.92 Å². The smallest absolute Gasteiger partial charge is 0.292 e. The second-order valence-corrected chi connectivity index (χ2v) is 3.37. The Morgan fingerprint density at radius 1 is 1.53 bits per heavy atom. The third kappa shape index (κ3) is 2.70. The van der Waals surface area contributed by atoms with Crippen LogP contribution < -0.4 is 5.32 Å². The van der Waals surface area contributed by atoms with E-state index < -0.39 is 0 Å². The van der Waals surface area contributed by atoms with Crippen LogP contribution in [0.1, 0.15) is 16.2 Å². The lowest BCUT2D eigenvalue weighted by atomic mass is 10.3. The summed E-state index contributed by atoms with van der Waals surface area (Å²) in [7, 11) is 0. The molecule has 1 aromatic rings. The standard InChI is InChI=1S/C9H13N3O2.ClH/c1-7-6-8(14-11-7)9(13)12-4-2-10-3-5-12;/h6,10H,2-5H2,1H3;1H. The van der Waals surface area contributed by atoms with E-state index in [-0.39, 0.29) is 18.3 Å². The Kier molecular flexibility index (Phi) is 4.11. The van der Waals surface area contributed by atoms with Crippen molar-refractivity contribution in [2.24, 2.45) is 0 Å². The molecule has 0 unspecified atom stereocenters. The average Bonchev–Trinajstić information content (AvgIpc) is 2.65. The van der Waals surface area contributed by atoms with Gasteiger partial charge in [0.2, 0.25) is 5.76 Å². The molecular weight excluding hydrogens is 218 g/mol. The van der Waals surface area contributed by atoms with Gasteiger partial charge in [0.15, 0.2) is 0 Å². The summed E-state index contributed by atoms with van der Waals surface area (Å²) in [5.74, 6) is 0.275. The van der Waals surface area contributed by atoms with Crippen LogP contribution in [-0.4, -0.2) is 42.1 Å². The molecule has 0 radical (unpaired) electrons. The monoisotopic (exact) mass is 231 g/mol. The number of carbonyl (C=O) groups excluding carboxylic acids is 1. The fourth-order valence-electron chi connectivity index (χ4n) is 1.49. The van der Waals surface area contributed by atoms with Gasteiger partial charge in [-0.3, -0.25) is 4.79 Å². The van der Waals surface area contributed by atoms with Gasteiger partial charge in [-0.25, -0.2) is 0 Å². The van der Waals surface area contributed by atoms with E-state index in [2.05, 4.69) is 10.5 Å². The van der Waals surface area contributed by atoms with Gasteiger partial charge in [-0.15, -0.1) is 12.4 Å². The van der Waals surface area contributed by atoms with Crippen LogP contribution in [0.2, 0.25) is 0 Å². The van der Waals surface area contributed by atoms with Crippen LogP contribution in [0.3, 0.4) is 0 Å². The lowest BCUT2D eigenvalue weighted by molar-refractivity contribution is 0.0694. The molecule has 84 valence electrons. The molecule has 2 heterocycles. The number of amides is 1. The van der Waals surface area contributed by atoms with Crippen LogP contribution in [0.15, 0.2) is 10.6 Å². The maximum atomic E-state index is 11.8. The molecule has 15 heavy (non-hydrogen) atoms.